The zero-order chi connectivity index (χ0) is 22.6. The molecule has 2 aromatic carbocycles. The summed E-state index contributed by atoms with van der Waals surface area (Å²) < 4.78 is 5.29. The number of rotatable bonds is 12. The average Bonchev–Trinajstić information content (AvgIpc) is 2.79. The maximum atomic E-state index is 13.1. The van der Waals surface area contributed by atoms with Gasteiger partial charge >= 0.3 is 0 Å². The molecule has 0 spiro atoms. The van der Waals surface area contributed by atoms with Gasteiger partial charge in [0.25, 0.3) is 0 Å². The van der Waals surface area contributed by atoms with E-state index in [2.05, 4.69) is 5.32 Å². The predicted molar refractivity (Wildman–Crippen MR) is 128 cm³/mol. The zero-order valence-electron chi connectivity index (χ0n) is 18.4. The topological polar surface area (TPSA) is 58.6 Å². The summed E-state index contributed by atoms with van der Waals surface area (Å²) in [6, 6.07) is 14.7. The Morgan fingerprint density at radius 3 is 2.61 bits per heavy atom. The second kappa shape index (κ2) is 13.3. The first-order chi connectivity index (χ1) is 14.9. The Morgan fingerprint density at radius 2 is 1.94 bits per heavy atom. The van der Waals surface area contributed by atoms with Crippen molar-refractivity contribution in [3.8, 4) is 5.75 Å². The molecule has 0 unspecified atom stereocenters. The Labute approximate surface area is 194 Å². The van der Waals surface area contributed by atoms with E-state index in [1.807, 2.05) is 55.5 Å². The molecular weight excluding hydrogens is 432 g/mol. The Morgan fingerprint density at radius 1 is 1.19 bits per heavy atom. The molecule has 31 heavy (non-hydrogen) atoms. The van der Waals surface area contributed by atoms with Crippen molar-refractivity contribution in [2.45, 2.75) is 50.6 Å². The Kier molecular flexibility index (Phi) is 10.7. The third-order valence-corrected chi connectivity index (χ3v) is 6.17. The lowest BCUT2D eigenvalue weighted by Crippen LogP contribution is -2.47. The van der Waals surface area contributed by atoms with E-state index in [1.54, 1.807) is 30.7 Å². The van der Waals surface area contributed by atoms with Gasteiger partial charge < -0.3 is 15.0 Å². The number of ether oxygens (including phenoxy) is 1. The molecule has 1 N–H and O–H groups in total. The van der Waals surface area contributed by atoms with E-state index in [0.717, 1.165) is 34.8 Å². The Balaban J connectivity index is 2.00. The number of nitrogens with one attached hydrogen (secondary N) is 1. The van der Waals surface area contributed by atoms with E-state index >= 15 is 0 Å². The van der Waals surface area contributed by atoms with Crippen LogP contribution in [0.3, 0.4) is 0 Å². The first-order valence-corrected chi connectivity index (χ1v) is 11.9. The number of benzene rings is 2. The number of carbonyl (C=O) groups is 2. The highest BCUT2D eigenvalue weighted by Crippen LogP contribution is 2.22. The highest BCUT2D eigenvalue weighted by Gasteiger charge is 2.25. The molecule has 0 bridgehead atoms. The van der Waals surface area contributed by atoms with Gasteiger partial charge in [-0.25, -0.2) is 0 Å². The lowest BCUT2D eigenvalue weighted by molar-refractivity contribution is -0.140. The maximum absolute atomic E-state index is 13.1. The summed E-state index contributed by atoms with van der Waals surface area (Å²) in [4.78, 5) is 28.4. The number of thioether (sulfide) groups is 1. The lowest BCUT2D eigenvalue weighted by atomic mass is 10.1. The van der Waals surface area contributed by atoms with Crippen LogP contribution in [0.5, 0.6) is 5.75 Å². The van der Waals surface area contributed by atoms with Crippen LogP contribution in [0.1, 0.15) is 38.7 Å². The fraction of sp³-hybridized carbons (Fsp3) is 0.417. The molecule has 0 radical (unpaired) electrons. The molecule has 0 aliphatic heterocycles. The largest absolute Gasteiger partial charge is 0.497 e. The molecule has 0 fully saturated rings. The highest BCUT2D eigenvalue weighted by atomic mass is 35.5. The van der Waals surface area contributed by atoms with E-state index < -0.39 is 6.04 Å². The van der Waals surface area contributed by atoms with Crippen LogP contribution < -0.4 is 10.1 Å². The first-order valence-electron chi connectivity index (χ1n) is 10.5. The van der Waals surface area contributed by atoms with E-state index in [4.69, 9.17) is 16.3 Å². The quantitative estimate of drug-likeness (QED) is 0.349. The molecule has 2 aromatic rings. The molecule has 5 nitrogen and oxygen atoms in total. The third kappa shape index (κ3) is 8.46. The van der Waals surface area contributed by atoms with Gasteiger partial charge in [-0.05, 0) is 67.5 Å². The normalized spacial score (nSPS) is 11.6. The molecule has 0 aliphatic carbocycles. The number of nitrogens with zero attached hydrogens (tertiary/aromatic N) is 1. The standard InChI is InChI=1S/C24H31ClN2O3S/c1-4-14-26-24(29)18(2)27(17-19-7-5-8-21(16-19)30-3)23(28)9-6-15-31-22-12-10-20(25)11-13-22/h5,7-8,10-13,16,18H,4,6,9,14-15,17H2,1-3H3,(H,26,29)/t18-/m1/s1. The van der Waals surface area contributed by atoms with Gasteiger partial charge in [0.15, 0.2) is 0 Å². The van der Waals surface area contributed by atoms with E-state index in [1.165, 1.54) is 0 Å². The zero-order valence-corrected chi connectivity index (χ0v) is 20.0. The Bertz CT molecular complexity index is 845. The molecule has 168 valence electrons. The average molecular weight is 463 g/mol. The predicted octanol–water partition coefficient (Wildman–Crippen LogP) is 5.16. The lowest BCUT2D eigenvalue weighted by Gasteiger charge is -2.29. The van der Waals surface area contributed by atoms with Crippen molar-refractivity contribution in [3.05, 3.63) is 59.1 Å². The fourth-order valence-corrected chi connectivity index (χ4v) is 4.01. The van der Waals surface area contributed by atoms with Gasteiger partial charge in [0, 0.05) is 29.4 Å². The van der Waals surface area contributed by atoms with Crippen molar-refractivity contribution < 1.29 is 14.3 Å². The monoisotopic (exact) mass is 462 g/mol. The van der Waals surface area contributed by atoms with Crippen LogP contribution in [0.25, 0.3) is 0 Å². The minimum atomic E-state index is -0.547. The van der Waals surface area contributed by atoms with Crippen LogP contribution in [-0.2, 0) is 16.1 Å². The number of carbonyl (C=O) groups excluding carboxylic acids is 2. The molecule has 7 heteroatoms. The van der Waals surface area contributed by atoms with Crippen LogP contribution in [-0.4, -0.2) is 42.2 Å². The number of methoxy groups -OCH3 is 1. The summed E-state index contributed by atoms with van der Waals surface area (Å²) in [6.45, 7) is 4.75. The smallest absolute Gasteiger partial charge is 0.242 e. The maximum Gasteiger partial charge on any atom is 0.242 e. The van der Waals surface area contributed by atoms with Gasteiger partial charge in [-0.1, -0.05) is 30.7 Å². The van der Waals surface area contributed by atoms with Crippen LogP contribution in [0.2, 0.25) is 5.02 Å². The van der Waals surface area contributed by atoms with Gasteiger partial charge in [-0.3, -0.25) is 9.59 Å². The van der Waals surface area contributed by atoms with Crippen LogP contribution in [0.15, 0.2) is 53.4 Å². The second-order valence-corrected chi connectivity index (χ2v) is 8.85. The molecule has 0 saturated heterocycles. The third-order valence-electron chi connectivity index (χ3n) is 4.82. The number of hydrogen-bond donors (Lipinski definition) is 1. The van der Waals surface area contributed by atoms with E-state index in [-0.39, 0.29) is 11.8 Å². The van der Waals surface area contributed by atoms with Crippen LogP contribution >= 0.6 is 23.4 Å². The van der Waals surface area contributed by atoms with E-state index in [0.29, 0.717) is 24.5 Å². The van der Waals surface area contributed by atoms with Gasteiger partial charge in [0.2, 0.25) is 11.8 Å². The molecule has 0 aliphatic rings. The van der Waals surface area contributed by atoms with Gasteiger partial charge in [0.05, 0.1) is 7.11 Å². The highest BCUT2D eigenvalue weighted by molar-refractivity contribution is 7.99. The second-order valence-electron chi connectivity index (χ2n) is 7.25. The molecule has 0 saturated carbocycles. The molecule has 2 rings (SSSR count). The van der Waals surface area contributed by atoms with E-state index in [9.17, 15) is 9.59 Å². The number of amides is 2. The molecule has 0 heterocycles. The summed E-state index contributed by atoms with van der Waals surface area (Å²) in [5, 5.41) is 3.61. The minimum absolute atomic E-state index is 0.0290. The van der Waals surface area contributed by atoms with Gasteiger partial charge in [0.1, 0.15) is 11.8 Å². The number of halogens is 1. The minimum Gasteiger partial charge on any atom is -0.497 e. The molecule has 2 amide bonds. The SMILES string of the molecule is CCCNC(=O)[C@@H](C)N(Cc1cccc(OC)c1)C(=O)CCCSc1ccc(Cl)cc1. The number of hydrogen-bond acceptors (Lipinski definition) is 4. The summed E-state index contributed by atoms with van der Waals surface area (Å²) in [7, 11) is 1.61. The summed E-state index contributed by atoms with van der Waals surface area (Å²) in [6.07, 6.45) is 1.96. The van der Waals surface area contributed by atoms with Crippen molar-refractivity contribution in [1.82, 2.24) is 10.2 Å². The molecule has 0 aromatic heterocycles. The van der Waals surface area contributed by atoms with Gasteiger partial charge in [-0.15, -0.1) is 11.8 Å². The summed E-state index contributed by atoms with van der Waals surface area (Å²) in [5.41, 5.74) is 0.929. The fourth-order valence-electron chi connectivity index (χ4n) is 3.03. The van der Waals surface area contributed by atoms with Crippen molar-refractivity contribution in [3.63, 3.8) is 0 Å². The molecule has 1 atom stereocenters. The van der Waals surface area contributed by atoms with Crippen molar-refractivity contribution >= 4 is 35.2 Å². The summed E-state index contributed by atoms with van der Waals surface area (Å²) >= 11 is 7.61. The van der Waals surface area contributed by atoms with Gasteiger partial charge in [-0.2, -0.15) is 0 Å². The van der Waals surface area contributed by atoms with Crippen LogP contribution in [0, 0.1) is 0 Å². The Hall–Kier alpha value is -2.18. The molecular formula is C24H31ClN2O3S. The van der Waals surface area contributed by atoms with Crippen LogP contribution in [0.4, 0.5) is 0 Å². The van der Waals surface area contributed by atoms with Crippen molar-refractivity contribution in [1.29, 1.82) is 0 Å². The van der Waals surface area contributed by atoms with Crippen molar-refractivity contribution in [2.75, 3.05) is 19.4 Å². The first kappa shape index (κ1) is 25.1. The summed E-state index contributed by atoms with van der Waals surface area (Å²) in [5.74, 6) is 1.39. The van der Waals surface area contributed by atoms with Crippen molar-refractivity contribution in [2.24, 2.45) is 0 Å².